The number of esters is 1. The summed E-state index contributed by atoms with van der Waals surface area (Å²) in [6, 6.07) is 26.3. The van der Waals surface area contributed by atoms with Gasteiger partial charge in [-0.25, -0.2) is 0 Å². The molecule has 43 heavy (non-hydrogen) atoms. The van der Waals surface area contributed by atoms with Crippen LogP contribution < -0.4 is 10.1 Å². The fraction of sp³-hybridized carbons (Fsp3) is 0.143. The molecule has 7 nitrogen and oxygen atoms in total. The lowest BCUT2D eigenvalue weighted by atomic mass is 9.62. The number of carbonyl (C=O) groups is 4. The molecule has 1 spiro atoms. The largest absolute Gasteiger partial charge is 0.427 e. The molecule has 3 heterocycles. The predicted molar refractivity (Wildman–Crippen MR) is 162 cm³/mol. The molecule has 0 saturated carbocycles. The van der Waals surface area contributed by atoms with Crippen molar-refractivity contribution < 1.29 is 23.9 Å². The van der Waals surface area contributed by atoms with Crippen LogP contribution in [0.25, 0.3) is 6.08 Å². The first kappa shape index (κ1) is 26.9. The van der Waals surface area contributed by atoms with Crippen molar-refractivity contribution in [3.8, 4) is 5.75 Å². The minimum atomic E-state index is -1.45. The maximum absolute atomic E-state index is 14.8. The number of benzene rings is 4. The molecule has 212 valence electrons. The van der Waals surface area contributed by atoms with Gasteiger partial charge in [-0.2, -0.15) is 0 Å². The van der Waals surface area contributed by atoms with Crippen LogP contribution in [0.3, 0.4) is 0 Å². The smallest absolute Gasteiger partial charge is 0.308 e. The molecule has 1 saturated heterocycles. The van der Waals surface area contributed by atoms with Crippen LogP contribution >= 0.6 is 11.6 Å². The van der Waals surface area contributed by atoms with E-state index in [4.69, 9.17) is 16.3 Å². The van der Waals surface area contributed by atoms with E-state index in [9.17, 15) is 19.2 Å². The van der Waals surface area contributed by atoms with Crippen molar-refractivity contribution in [2.75, 3.05) is 5.32 Å². The number of nitrogens with one attached hydrogen (secondary N) is 1. The number of ether oxygens (including phenoxy) is 1. The van der Waals surface area contributed by atoms with Crippen LogP contribution in [0.2, 0.25) is 5.02 Å². The highest BCUT2D eigenvalue weighted by Gasteiger charge is 2.70. The summed E-state index contributed by atoms with van der Waals surface area (Å²) in [7, 11) is 0. The van der Waals surface area contributed by atoms with Gasteiger partial charge in [0.05, 0.1) is 17.0 Å². The normalized spacial score (nSPS) is 22.9. The second-order valence-electron chi connectivity index (χ2n) is 10.9. The number of hydrogen-bond acceptors (Lipinski definition) is 6. The monoisotopic (exact) mass is 588 g/mol. The van der Waals surface area contributed by atoms with Gasteiger partial charge in [0.25, 0.3) is 0 Å². The number of nitrogens with zero attached hydrogens (tertiary/aromatic N) is 1. The molecular weight excluding hydrogens is 564 g/mol. The van der Waals surface area contributed by atoms with E-state index in [2.05, 4.69) is 5.32 Å². The predicted octanol–water partition coefficient (Wildman–Crippen LogP) is 6.25. The Kier molecular flexibility index (Phi) is 6.29. The third-order valence-corrected chi connectivity index (χ3v) is 8.99. The van der Waals surface area contributed by atoms with Gasteiger partial charge in [0.2, 0.25) is 5.91 Å². The van der Waals surface area contributed by atoms with Crippen LogP contribution in [0.15, 0.2) is 103 Å². The number of halogens is 1. The van der Waals surface area contributed by atoms with Gasteiger partial charge in [-0.05, 0) is 65.2 Å². The number of anilines is 1. The molecule has 3 aliphatic rings. The first-order valence-electron chi connectivity index (χ1n) is 13.9. The molecule has 4 atom stereocenters. The van der Waals surface area contributed by atoms with Crippen molar-refractivity contribution in [1.29, 1.82) is 0 Å². The van der Waals surface area contributed by atoms with E-state index in [1.54, 1.807) is 48.5 Å². The van der Waals surface area contributed by atoms with Gasteiger partial charge in [-0.1, -0.05) is 66.2 Å². The van der Waals surface area contributed by atoms with Crippen LogP contribution in [0, 0.1) is 5.92 Å². The fourth-order valence-electron chi connectivity index (χ4n) is 7.02. The lowest BCUT2D eigenvalue weighted by molar-refractivity contribution is -0.131. The van der Waals surface area contributed by atoms with Gasteiger partial charge < -0.3 is 15.0 Å². The zero-order valence-electron chi connectivity index (χ0n) is 23.0. The first-order valence-corrected chi connectivity index (χ1v) is 14.3. The number of para-hydroxylation sites is 1. The topological polar surface area (TPSA) is 92.8 Å². The zero-order valence-corrected chi connectivity index (χ0v) is 23.7. The van der Waals surface area contributed by atoms with Crippen molar-refractivity contribution in [2.45, 2.75) is 24.4 Å². The Bertz CT molecular complexity index is 1870. The Morgan fingerprint density at radius 3 is 2.33 bits per heavy atom. The zero-order chi connectivity index (χ0) is 29.9. The van der Waals surface area contributed by atoms with E-state index >= 15 is 0 Å². The number of ketones is 2. The Labute approximate surface area is 252 Å². The van der Waals surface area contributed by atoms with Gasteiger partial charge in [0.15, 0.2) is 11.6 Å². The van der Waals surface area contributed by atoms with Crippen molar-refractivity contribution in [3.63, 3.8) is 0 Å². The molecular formula is C35H25ClN2O5. The van der Waals surface area contributed by atoms with Crippen LogP contribution in [-0.2, 0) is 15.0 Å². The average Bonchev–Trinajstić information content (AvgIpc) is 3.49. The molecule has 8 heteroatoms. The van der Waals surface area contributed by atoms with E-state index in [0.717, 1.165) is 11.1 Å². The molecule has 0 radical (unpaired) electrons. The summed E-state index contributed by atoms with van der Waals surface area (Å²) in [5.74, 6) is -2.41. The van der Waals surface area contributed by atoms with Gasteiger partial charge >= 0.3 is 5.97 Å². The van der Waals surface area contributed by atoms with Crippen molar-refractivity contribution >= 4 is 46.8 Å². The van der Waals surface area contributed by atoms with Gasteiger partial charge in [-0.15, -0.1) is 0 Å². The van der Waals surface area contributed by atoms with E-state index in [1.807, 2.05) is 65.7 Å². The van der Waals surface area contributed by atoms with Crippen LogP contribution in [-0.4, -0.2) is 34.4 Å². The Balaban J connectivity index is 1.49. The Morgan fingerprint density at radius 2 is 1.56 bits per heavy atom. The highest BCUT2D eigenvalue weighted by molar-refractivity contribution is 6.34. The summed E-state index contributed by atoms with van der Waals surface area (Å²) in [5.41, 5.74) is 2.11. The third kappa shape index (κ3) is 3.96. The molecule has 3 aliphatic heterocycles. The number of amides is 1. The molecule has 4 aromatic rings. The average molecular weight is 589 g/mol. The van der Waals surface area contributed by atoms with E-state index in [-0.39, 0.29) is 22.3 Å². The summed E-state index contributed by atoms with van der Waals surface area (Å²) < 4.78 is 5.17. The highest BCUT2D eigenvalue weighted by Crippen LogP contribution is 2.62. The summed E-state index contributed by atoms with van der Waals surface area (Å²) in [6.07, 6.45) is 3.73. The molecule has 0 bridgehead atoms. The van der Waals surface area contributed by atoms with Crippen LogP contribution in [0.1, 0.15) is 50.4 Å². The maximum Gasteiger partial charge on any atom is 0.308 e. The second-order valence-corrected chi connectivity index (χ2v) is 11.3. The van der Waals surface area contributed by atoms with E-state index < -0.39 is 35.2 Å². The number of fused-ring (bicyclic) bond motifs is 6. The second kappa shape index (κ2) is 10.1. The fourth-order valence-corrected chi connectivity index (χ4v) is 7.25. The molecule has 0 aromatic heterocycles. The Hall–Kier alpha value is -5.01. The quantitative estimate of drug-likeness (QED) is 0.168. The van der Waals surface area contributed by atoms with Gasteiger partial charge in [-0.3, -0.25) is 19.2 Å². The lowest BCUT2D eigenvalue weighted by Crippen LogP contribution is -2.49. The molecule has 0 aliphatic carbocycles. The molecule has 1 N–H and O–H groups in total. The van der Waals surface area contributed by atoms with E-state index in [0.29, 0.717) is 22.6 Å². The first-order chi connectivity index (χ1) is 20.8. The van der Waals surface area contributed by atoms with Gasteiger partial charge in [0.1, 0.15) is 17.2 Å². The number of Topliss-reactive ketones (excluding diaryl/α,β-unsaturated/α-hetero) is 2. The summed E-state index contributed by atoms with van der Waals surface area (Å²) in [6.45, 7) is 1.30. The van der Waals surface area contributed by atoms with Crippen molar-refractivity contribution in [2.24, 2.45) is 5.92 Å². The summed E-state index contributed by atoms with van der Waals surface area (Å²) in [4.78, 5) is 57.3. The molecule has 7 rings (SSSR count). The minimum Gasteiger partial charge on any atom is -0.427 e. The molecule has 0 unspecified atom stereocenters. The van der Waals surface area contributed by atoms with E-state index in [1.165, 1.54) is 6.92 Å². The van der Waals surface area contributed by atoms with Crippen LogP contribution in [0.5, 0.6) is 5.75 Å². The van der Waals surface area contributed by atoms with Gasteiger partial charge in [0, 0.05) is 29.9 Å². The molecule has 1 amide bonds. The molecule has 4 aromatic carbocycles. The maximum atomic E-state index is 14.8. The lowest BCUT2D eigenvalue weighted by Gasteiger charge is -2.38. The number of carbonyl (C=O) groups excluding carboxylic acids is 4. The highest BCUT2D eigenvalue weighted by atomic mass is 35.5. The minimum absolute atomic E-state index is 0.242. The van der Waals surface area contributed by atoms with Crippen molar-refractivity contribution in [1.82, 2.24) is 4.90 Å². The third-order valence-electron chi connectivity index (χ3n) is 8.66. The van der Waals surface area contributed by atoms with Crippen LogP contribution in [0.4, 0.5) is 5.69 Å². The molecule has 1 fully saturated rings. The summed E-state index contributed by atoms with van der Waals surface area (Å²) in [5, 5.41) is 3.28. The number of hydrogen-bond donors (Lipinski definition) is 1. The standard InChI is InChI=1S/C35H25ClN2O5/c1-20(39)43-23-16-14-22(15-17-23)31(40)30-29(32(41)25-10-4-6-12-27(25)36)35(26-11-5-7-13-28(26)37-34(35)42)33-24-9-3-2-8-21(24)18-19-38(30)33/h2-19,29-30,33H,1H3,(H,37,42)/t29-,30+,33+,35-/m0/s1. The Morgan fingerprint density at radius 1 is 0.860 bits per heavy atom. The van der Waals surface area contributed by atoms with Crippen molar-refractivity contribution in [3.05, 3.63) is 136 Å². The summed E-state index contributed by atoms with van der Waals surface area (Å²) >= 11 is 6.59. The SMILES string of the molecule is CC(=O)Oc1ccc(C(=O)[C@H]2[C@@H](C(=O)c3ccccc3Cl)[C@]3(C(=O)Nc4ccccc43)[C@H]3c4ccccc4C=CN23)cc1. The number of rotatable bonds is 5.